The molecule has 2 heterocycles. The first kappa shape index (κ1) is 19.6. The fourth-order valence-corrected chi connectivity index (χ4v) is 2.98. The van der Waals surface area contributed by atoms with Crippen molar-refractivity contribution >= 4 is 23.5 Å². The number of aromatic nitrogens is 2. The number of benzene rings is 1. The van der Waals surface area contributed by atoms with Gasteiger partial charge >= 0.3 is 6.09 Å². The van der Waals surface area contributed by atoms with Gasteiger partial charge < -0.3 is 19.9 Å². The largest absolute Gasteiger partial charge is 0.450 e. The molecule has 1 aromatic heterocycles. The summed E-state index contributed by atoms with van der Waals surface area (Å²) in [6.45, 7) is 7.95. The molecule has 2 aromatic rings. The van der Waals surface area contributed by atoms with Gasteiger partial charge in [0.15, 0.2) is 0 Å². The van der Waals surface area contributed by atoms with Crippen LogP contribution in [0.5, 0.6) is 0 Å². The number of nitrogens with zero attached hydrogens (tertiary/aromatic N) is 4. The monoisotopic (exact) mass is 383 g/mol. The van der Waals surface area contributed by atoms with Gasteiger partial charge in [0.25, 0.3) is 5.91 Å². The molecule has 1 aliphatic heterocycles. The van der Waals surface area contributed by atoms with Gasteiger partial charge in [-0.1, -0.05) is 12.1 Å². The Morgan fingerprint density at radius 2 is 1.79 bits per heavy atom. The second-order valence-electron chi connectivity index (χ2n) is 6.71. The van der Waals surface area contributed by atoms with Gasteiger partial charge in [0.05, 0.1) is 19.0 Å². The van der Waals surface area contributed by atoms with Crippen LogP contribution in [0.25, 0.3) is 0 Å². The number of nitrogens with one attached hydrogen (secondary N) is 1. The van der Waals surface area contributed by atoms with Gasteiger partial charge in [-0.15, -0.1) is 0 Å². The summed E-state index contributed by atoms with van der Waals surface area (Å²) in [6, 6.07) is 6.13. The fraction of sp³-hybridized carbons (Fsp3) is 0.400. The third-order valence-electron chi connectivity index (χ3n) is 4.62. The summed E-state index contributed by atoms with van der Waals surface area (Å²) in [5.74, 6) is 0.395. The number of ether oxygens (including phenoxy) is 1. The molecule has 148 valence electrons. The molecule has 0 atom stereocenters. The van der Waals surface area contributed by atoms with Gasteiger partial charge in [0.2, 0.25) is 0 Å². The lowest BCUT2D eigenvalue weighted by atomic mass is 10.1. The van der Waals surface area contributed by atoms with Crippen molar-refractivity contribution in [2.24, 2.45) is 0 Å². The maximum Gasteiger partial charge on any atom is 0.409 e. The van der Waals surface area contributed by atoms with E-state index in [4.69, 9.17) is 4.74 Å². The Bertz CT molecular complexity index is 845. The minimum Gasteiger partial charge on any atom is -0.450 e. The maximum absolute atomic E-state index is 12.6. The average molecular weight is 383 g/mol. The number of piperazine rings is 1. The fourth-order valence-electron chi connectivity index (χ4n) is 2.98. The summed E-state index contributed by atoms with van der Waals surface area (Å²) in [7, 11) is 0. The van der Waals surface area contributed by atoms with Crippen LogP contribution in [0.3, 0.4) is 0 Å². The lowest BCUT2D eigenvalue weighted by Crippen LogP contribution is -2.50. The van der Waals surface area contributed by atoms with Crippen molar-refractivity contribution in [2.45, 2.75) is 20.8 Å². The second kappa shape index (κ2) is 8.69. The predicted octanol–water partition coefficient (Wildman–Crippen LogP) is 2.75. The Balaban J connectivity index is 1.60. The van der Waals surface area contributed by atoms with Crippen LogP contribution in [-0.2, 0) is 4.74 Å². The summed E-state index contributed by atoms with van der Waals surface area (Å²) in [4.78, 5) is 36.3. The first-order valence-electron chi connectivity index (χ1n) is 9.35. The number of hydrogen-bond acceptors (Lipinski definition) is 6. The molecule has 0 unspecified atom stereocenters. The predicted molar refractivity (Wildman–Crippen MR) is 106 cm³/mol. The Hall–Kier alpha value is -3.16. The maximum atomic E-state index is 12.6. The minimum absolute atomic E-state index is 0.186. The number of rotatable bonds is 4. The summed E-state index contributed by atoms with van der Waals surface area (Å²) in [5.41, 5.74) is 3.50. The molecule has 0 aliphatic carbocycles. The van der Waals surface area contributed by atoms with Gasteiger partial charge in [0, 0.05) is 31.9 Å². The number of amides is 2. The molecule has 1 saturated heterocycles. The van der Waals surface area contributed by atoms with E-state index in [0.29, 0.717) is 38.6 Å². The van der Waals surface area contributed by atoms with Crippen LogP contribution >= 0.6 is 0 Å². The highest BCUT2D eigenvalue weighted by atomic mass is 16.6. The van der Waals surface area contributed by atoms with Crippen molar-refractivity contribution in [1.29, 1.82) is 0 Å². The molecule has 1 N–H and O–H groups in total. The van der Waals surface area contributed by atoms with E-state index >= 15 is 0 Å². The molecular formula is C20H25N5O3. The van der Waals surface area contributed by atoms with Crippen molar-refractivity contribution in [2.75, 3.05) is 38.1 Å². The first-order valence-corrected chi connectivity index (χ1v) is 9.35. The molecular weight excluding hydrogens is 358 g/mol. The minimum atomic E-state index is -0.337. The van der Waals surface area contributed by atoms with Gasteiger partial charge in [0.1, 0.15) is 11.5 Å². The lowest BCUT2D eigenvalue weighted by molar-refractivity contribution is 0.0565. The van der Waals surface area contributed by atoms with Crippen molar-refractivity contribution in [3.63, 3.8) is 0 Å². The highest BCUT2D eigenvalue weighted by molar-refractivity contribution is 5.92. The molecule has 3 rings (SSSR count). The normalized spacial score (nSPS) is 14.0. The summed E-state index contributed by atoms with van der Waals surface area (Å²) in [6.07, 6.45) is 2.70. The van der Waals surface area contributed by atoms with Crippen molar-refractivity contribution in [1.82, 2.24) is 19.8 Å². The molecule has 2 amide bonds. The molecule has 1 fully saturated rings. The highest BCUT2D eigenvalue weighted by Crippen LogP contribution is 2.20. The second-order valence-corrected chi connectivity index (χ2v) is 6.71. The van der Waals surface area contributed by atoms with Crippen molar-refractivity contribution < 1.29 is 14.3 Å². The molecule has 28 heavy (non-hydrogen) atoms. The zero-order chi connectivity index (χ0) is 20.1. The standard InChI is InChI=1S/C20H25N5O3/c1-4-28-20(27)25-9-7-24(8-10-25)19(26)17-12-22-18(13-21-17)23-16-11-14(2)5-6-15(16)3/h5-6,11-13H,4,7-10H2,1-3H3,(H,22,23). The van der Waals surface area contributed by atoms with Crippen LogP contribution in [0, 0.1) is 13.8 Å². The number of anilines is 2. The van der Waals surface area contributed by atoms with Gasteiger partial charge in [-0.05, 0) is 38.0 Å². The number of carbonyl (C=O) groups excluding carboxylic acids is 2. The Morgan fingerprint density at radius 3 is 2.43 bits per heavy atom. The Kier molecular flexibility index (Phi) is 6.08. The number of aryl methyl sites for hydroxylation is 2. The van der Waals surface area contributed by atoms with E-state index in [9.17, 15) is 9.59 Å². The van der Waals surface area contributed by atoms with Gasteiger partial charge in [-0.2, -0.15) is 0 Å². The van der Waals surface area contributed by atoms with E-state index in [1.54, 1.807) is 22.9 Å². The first-order chi connectivity index (χ1) is 13.5. The van der Waals surface area contributed by atoms with E-state index in [1.165, 1.54) is 6.20 Å². The van der Waals surface area contributed by atoms with E-state index in [1.807, 2.05) is 26.0 Å². The zero-order valence-corrected chi connectivity index (χ0v) is 16.4. The molecule has 0 spiro atoms. The topological polar surface area (TPSA) is 87.7 Å². The van der Waals surface area contributed by atoms with Crippen LogP contribution in [0.1, 0.15) is 28.5 Å². The molecule has 8 heteroatoms. The summed E-state index contributed by atoms with van der Waals surface area (Å²) >= 11 is 0. The highest BCUT2D eigenvalue weighted by Gasteiger charge is 2.26. The molecule has 0 saturated carbocycles. The lowest BCUT2D eigenvalue weighted by Gasteiger charge is -2.33. The van der Waals surface area contributed by atoms with Crippen molar-refractivity contribution in [3.05, 3.63) is 47.4 Å². The zero-order valence-electron chi connectivity index (χ0n) is 16.4. The molecule has 0 radical (unpaired) electrons. The van der Waals surface area contributed by atoms with Gasteiger partial charge in [-0.3, -0.25) is 4.79 Å². The van der Waals surface area contributed by atoms with Crippen LogP contribution < -0.4 is 5.32 Å². The van der Waals surface area contributed by atoms with Gasteiger partial charge in [-0.25, -0.2) is 14.8 Å². The third kappa shape index (κ3) is 4.57. The number of hydrogen-bond donors (Lipinski definition) is 1. The smallest absolute Gasteiger partial charge is 0.409 e. The van der Waals surface area contributed by atoms with Crippen LogP contribution in [0.4, 0.5) is 16.3 Å². The van der Waals surface area contributed by atoms with E-state index in [-0.39, 0.29) is 17.7 Å². The van der Waals surface area contributed by atoms with E-state index < -0.39 is 0 Å². The molecule has 1 aliphatic rings. The molecule has 8 nitrogen and oxygen atoms in total. The SMILES string of the molecule is CCOC(=O)N1CCN(C(=O)c2cnc(Nc3cc(C)ccc3C)cn2)CC1. The quantitative estimate of drug-likeness (QED) is 0.873. The average Bonchev–Trinajstić information content (AvgIpc) is 2.71. The van der Waals surface area contributed by atoms with Crippen LogP contribution in [0.2, 0.25) is 0 Å². The van der Waals surface area contributed by atoms with Crippen LogP contribution in [-0.4, -0.2) is 64.6 Å². The van der Waals surface area contributed by atoms with Crippen LogP contribution in [0.15, 0.2) is 30.6 Å². The Labute approximate surface area is 164 Å². The number of carbonyl (C=O) groups is 2. The van der Waals surface area contributed by atoms with Crippen molar-refractivity contribution in [3.8, 4) is 0 Å². The Morgan fingerprint density at radius 1 is 1.07 bits per heavy atom. The molecule has 0 bridgehead atoms. The summed E-state index contributed by atoms with van der Waals surface area (Å²) in [5, 5.41) is 3.23. The van der Waals surface area contributed by atoms with E-state index in [2.05, 4.69) is 21.4 Å². The third-order valence-corrected chi connectivity index (χ3v) is 4.62. The van der Waals surface area contributed by atoms with E-state index in [0.717, 1.165) is 16.8 Å². The summed E-state index contributed by atoms with van der Waals surface area (Å²) < 4.78 is 4.99. The molecule has 1 aromatic carbocycles.